The zero-order valence-electron chi connectivity index (χ0n) is 12.3. The van der Waals surface area contributed by atoms with E-state index in [4.69, 9.17) is 4.74 Å². The number of carbonyl (C=O) groups is 1. The van der Waals surface area contributed by atoms with Gasteiger partial charge in [-0.15, -0.1) is 0 Å². The third-order valence-corrected chi connectivity index (χ3v) is 3.60. The van der Waals surface area contributed by atoms with Gasteiger partial charge in [0.15, 0.2) is 0 Å². The lowest BCUT2D eigenvalue weighted by Crippen LogP contribution is -2.23. The lowest BCUT2D eigenvalue weighted by Gasteiger charge is -2.17. The summed E-state index contributed by atoms with van der Waals surface area (Å²) in [6, 6.07) is 0.287. The van der Waals surface area contributed by atoms with E-state index in [1.165, 1.54) is 11.5 Å². The van der Waals surface area contributed by atoms with Crippen LogP contribution in [0.3, 0.4) is 0 Å². The quantitative estimate of drug-likeness (QED) is 0.780. The SMILES string of the molecule is CCOC(=O)c1c(C)nsc1NC(C)CCN(C)C. The molecule has 1 N–H and O–H groups in total. The van der Waals surface area contributed by atoms with Gasteiger partial charge >= 0.3 is 5.97 Å². The molecule has 0 aliphatic rings. The number of nitrogens with zero attached hydrogens (tertiary/aromatic N) is 2. The van der Waals surface area contributed by atoms with Crippen molar-refractivity contribution in [1.82, 2.24) is 9.27 Å². The van der Waals surface area contributed by atoms with Crippen LogP contribution in [0.1, 0.15) is 36.3 Å². The normalized spacial score (nSPS) is 12.5. The summed E-state index contributed by atoms with van der Waals surface area (Å²) in [7, 11) is 4.10. The standard InChI is InChI=1S/C13H23N3O2S/c1-6-18-13(17)11-10(3)15-19-12(11)14-9(2)7-8-16(4)5/h9,14H,6-8H2,1-5H3. The maximum Gasteiger partial charge on any atom is 0.343 e. The molecule has 0 saturated carbocycles. The molecule has 5 nitrogen and oxygen atoms in total. The molecule has 1 rings (SSSR count). The third kappa shape index (κ3) is 4.80. The number of carbonyl (C=O) groups excluding carboxylic acids is 1. The second-order valence-corrected chi connectivity index (χ2v) is 5.60. The fourth-order valence-electron chi connectivity index (χ4n) is 1.66. The van der Waals surface area contributed by atoms with Gasteiger partial charge in [0.25, 0.3) is 0 Å². The zero-order valence-corrected chi connectivity index (χ0v) is 13.1. The highest BCUT2D eigenvalue weighted by Crippen LogP contribution is 2.26. The summed E-state index contributed by atoms with van der Waals surface area (Å²) in [6.07, 6.45) is 1.01. The molecule has 0 aliphatic carbocycles. The van der Waals surface area contributed by atoms with Crippen LogP contribution in [0.4, 0.5) is 5.00 Å². The van der Waals surface area contributed by atoms with Crippen molar-refractivity contribution >= 4 is 22.5 Å². The van der Waals surface area contributed by atoms with Gasteiger partial charge in [-0.1, -0.05) is 0 Å². The van der Waals surface area contributed by atoms with Crippen LogP contribution in [0.25, 0.3) is 0 Å². The van der Waals surface area contributed by atoms with E-state index in [-0.39, 0.29) is 12.0 Å². The van der Waals surface area contributed by atoms with Crippen molar-refractivity contribution in [3.63, 3.8) is 0 Å². The second-order valence-electron chi connectivity index (χ2n) is 4.83. The molecular formula is C13H23N3O2S. The average Bonchev–Trinajstić information content (AvgIpc) is 2.68. The predicted octanol–water partition coefficient (Wildman–Crippen LogP) is 2.38. The minimum Gasteiger partial charge on any atom is -0.462 e. The fourth-order valence-corrected chi connectivity index (χ4v) is 2.56. The Kier molecular flexibility index (Phi) is 6.24. The van der Waals surface area contributed by atoms with Crippen molar-refractivity contribution in [3.05, 3.63) is 11.3 Å². The Morgan fingerprint density at radius 1 is 1.53 bits per heavy atom. The van der Waals surface area contributed by atoms with E-state index in [1.807, 2.05) is 21.0 Å². The van der Waals surface area contributed by atoms with E-state index >= 15 is 0 Å². The van der Waals surface area contributed by atoms with Crippen LogP contribution in [0, 0.1) is 6.92 Å². The van der Waals surface area contributed by atoms with E-state index in [0.717, 1.165) is 23.7 Å². The second kappa shape index (κ2) is 7.45. The summed E-state index contributed by atoms with van der Waals surface area (Å²) >= 11 is 1.32. The average molecular weight is 285 g/mol. The number of anilines is 1. The predicted molar refractivity (Wildman–Crippen MR) is 79.1 cm³/mol. The molecule has 1 unspecified atom stereocenters. The molecule has 0 amide bonds. The topological polar surface area (TPSA) is 54.5 Å². The van der Waals surface area contributed by atoms with Crippen LogP contribution >= 0.6 is 11.5 Å². The number of aryl methyl sites for hydroxylation is 1. The largest absolute Gasteiger partial charge is 0.462 e. The van der Waals surface area contributed by atoms with E-state index in [0.29, 0.717) is 12.2 Å². The van der Waals surface area contributed by atoms with Crippen LogP contribution in [-0.4, -0.2) is 48.5 Å². The first kappa shape index (κ1) is 15.9. The van der Waals surface area contributed by atoms with Gasteiger partial charge in [-0.25, -0.2) is 4.79 Å². The van der Waals surface area contributed by atoms with Crippen LogP contribution in [-0.2, 0) is 4.74 Å². The molecule has 1 aromatic heterocycles. The van der Waals surface area contributed by atoms with Gasteiger partial charge in [-0.05, 0) is 59.4 Å². The Hall–Kier alpha value is -1.14. The molecule has 0 fully saturated rings. The number of esters is 1. The van der Waals surface area contributed by atoms with Gasteiger partial charge in [-0.3, -0.25) is 0 Å². The number of ether oxygens (including phenoxy) is 1. The van der Waals surface area contributed by atoms with Crippen molar-refractivity contribution in [3.8, 4) is 0 Å². The molecule has 0 aromatic carbocycles. The summed E-state index contributed by atoms with van der Waals surface area (Å²) in [5.74, 6) is -0.295. The summed E-state index contributed by atoms with van der Waals surface area (Å²) in [6.45, 7) is 7.12. The fraction of sp³-hybridized carbons (Fsp3) is 0.692. The van der Waals surface area contributed by atoms with E-state index < -0.39 is 0 Å². The molecule has 0 spiro atoms. The van der Waals surface area contributed by atoms with Crippen molar-refractivity contribution < 1.29 is 9.53 Å². The Bertz CT molecular complexity index is 418. The summed E-state index contributed by atoms with van der Waals surface area (Å²) in [5.41, 5.74) is 1.30. The van der Waals surface area contributed by atoms with Gasteiger partial charge in [0.05, 0.1) is 12.3 Å². The molecular weight excluding hydrogens is 262 g/mol. The van der Waals surface area contributed by atoms with E-state index in [9.17, 15) is 4.79 Å². The van der Waals surface area contributed by atoms with E-state index in [2.05, 4.69) is 21.5 Å². The monoisotopic (exact) mass is 285 g/mol. The highest BCUT2D eigenvalue weighted by molar-refractivity contribution is 7.10. The molecule has 108 valence electrons. The molecule has 0 aliphatic heterocycles. The molecule has 19 heavy (non-hydrogen) atoms. The third-order valence-electron chi connectivity index (χ3n) is 2.73. The summed E-state index contributed by atoms with van der Waals surface area (Å²) < 4.78 is 9.30. The molecule has 1 aromatic rings. The Morgan fingerprint density at radius 3 is 2.79 bits per heavy atom. The first-order valence-corrected chi connectivity index (χ1v) is 7.27. The lowest BCUT2D eigenvalue weighted by atomic mass is 10.2. The Labute approximate surface area is 119 Å². The number of hydrogen-bond acceptors (Lipinski definition) is 6. The molecule has 1 atom stereocenters. The van der Waals surface area contributed by atoms with Gasteiger partial charge < -0.3 is 15.0 Å². The Morgan fingerprint density at radius 2 is 2.21 bits per heavy atom. The first-order valence-electron chi connectivity index (χ1n) is 6.50. The molecule has 1 heterocycles. The highest BCUT2D eigenvalue weighted by Gasteiger charge is 2.20. The van der Waals surface area contributed by atoms with Gasteiger partial charge in [0.1, 0.15) is 10.6 Å². The molecule has 6 heteroatoms. The number of rotatable bonds is 7. The maximum atomic E-state index is 11.9. The van der Waals surface area contributed by atoms with Gasteiger partial charge in [-0.2, -0.15) is 4.37 Å². The van der Waals surface area contributed by atoms with Crippen molar-refractivity contribution in [1.29, 1.82) is 0 Å². The van der Waals surface area contributed by atoms with Crippen LogP contribution in [0.2, 0.25) is 0 Å². The zero-order chi connectivity index (χ0) is 14.4. The van der Waals surface area contributed by atoms with Gasteiger partial charge in [0, 0.05) is 6.04 Å². The molecule has 0 saturated heterocycles. The van der Waals surface area contributed by atoms with E-state index in [1.54, 1.807) is 6.92 Å². The van der Waals surface area contributed by atoms with Crippen LogP contribution in [0.15, 0.2) is 0 Å². The van der Waals surface area contributed by atoms with Gasteiger partial charge in [0.2, 0.25) is 0 Å². The first-order chi connectivity index (χ1) is 8.95. The summed E-state index contributed by atoms with van der Waals surface area (Å²) in [4.78, 5) is 14.0. The lowest BCUT2D eigenvalue weighted by molar-refractivity contribution is 0.0527. The van der Waals surface area contributed by atoms with Crippen LogP contribution in [0.5, 0.6) is 0 Å². The highest BCUT2D eigenvalue weighted by atomic mass is 32.1. The smallest absolute Gasteiger partial charge is 0.343 e. The Balaban J connectivity index is 2.70. The summed E-state index contributed by atoms with van der Waals surface area (Å²) in [5, 5.41) is 4.16. The number of aromatic nitrogens is 1. The molecule has 0 bridgehead atoms. The minimum absolute atomic E-state index is 0.287. The molecule has 0 radical (unpaired) electrons. The minimum atomic E-state index is -0.295. The van der Waals surface area contributed by atoms with Crippen molar-refractivity contribution in [2.45, 2.75) is 33.2 Å². The van der Waals surface area contributed by atoms with Crippen LogP contribution < -0.4 is 5.32 Å². The number of hydrogen-bond donors (Lipinski definition) is 1. The number of nitrogens with one attached hydrogen (secondary N) is 1. The van der Waals surface area contributed by atoms with Crippen molar-refractivity contribution in [2.75, 3.05) is 32.6 Å². The van der Waals surface area contributed by atoms with Crippen molar-refractivity contribution in [2.24, 2.45) is 0 Å². The maximum absolute atomic E-state index is 11.9.